The molecule has 32 heavy (non-hydrogen) atoms. The summed E-state index contributed by atoms with van der Waals surface area (Å²) in [5, 5.41) is 20.3. The van der Waals surface area contributed by atoms with E-state index in [1.807, 2.05) is 39.9 Å². The fourth-order valence-electron chi connectivity index (χ4n) is 4.10. The number of carbonyl (C=O) groups excluding carboxylic acids is 1. The molecule has 7 nitrogen and oxygen atoms in total. The number of aryl methyl sites for hydroxylation is 1. The lowest BCUT2D eigenvalue weighted by Gasteiger charge is -2.34. The van der Waals surface area contributed by atoms with Crippen LogP contribution < -0.4 is 4.72 Å². The molecule has 1 aliphatic rings. The van der Waals surface area contributed by atoms with E-state index in [0.717, 1.165) is 28.6 Å². The molecule has 168 valence electrons. The number of nitrogens with one attached hydrogen (secondary N) is 2. The van der Waals surface area contributed by atoms with E-state index in [4.69, 9.17) is 11.6 Å². The van der Waals surface area contributed by atoms with E-state index in [1.165, 1.54) is 11.9 Å². The maximum atomic E-state index is 13.4. The smallest absolute Gasteiger partial charge is 0.240 e. The summed E-state index contributed by atoms with van der Waals surface area (Å²) in [6.07, 6.45) is 5.80. The van der Waals surface area contributed by atoms with Crippen LogP contribution in [0, 0.1) is 17.2 Å². The van der Waals surface area contributed by atoms with Crippen LogP contribution in [0.4, 0.5) is 0 Å². The molecular weight excluding hydrogens is 446 g/mol. The SMILES string of the molecule is N#Cc1cccn1CCC(NSc1cccc2[nH]cc(Cl)c12)C(=O)N1CCC(CO)CC1. The highest BCUT2D eigenvalue weighted by molar-refractivity contribution is 7.97. The van der Waals surface area contributed by atoms with Gasteiger partial charge in [0.05, 0.1) is 11.1 Å². The van der Waals surface area contributed by atoms with Gasteiger partial charge in [-0.15, -0.1) is 0 Å². The second kappa shape index (κ2) is 10.5. The summed E-state index contributed by atoms with van der Waals surface area (Å²) in [6, 6.07) is 11.3. The van der Waals surface area contributed by atoms with Crippen molar-refractivity contribution in [1.82, 2.24) is 19.2 Å². The molecule has 0 aliphatic carbocycles. The molecule has 2 aromatic heterocycles. The number of hydrogen-bond donors (Lipinski definition) is 3. The standard InChI is InChI=1S/C23H26ClN5O2S/c24-18-14-26-19-4-1-5-21(22(18)19)32-27-20(8-12-28-9-2-3-17(28)13-25)23(31)29-10-6-16(15-30)7-11-29/h1-5,9,14,16,20,26-27,30H,6-8,10-12,15H2. The topological polar surface area (TPSA) is 97.1 Å². The highest BCUT2D eigenvalue weighted by Gasteiger charge is 2.28. The highest BCUT2D eigenvalue weighted by atomic mass is 35.5. The lowest BCUT2D eigenvalue weighted by Crippen LogP contribution is -2.48. The predicted octanol–water partition coefficient (Wildman–Crippen LogP) is 3.78. The first-order chi connectivity index (χ1) is 15.6. The molecule has 1 aliphatic heterocycles. The Hall–Kier alpha value is -2.44. The van der Waals surface area contributed by atoms with Crippen LogP contribution in [-0.4, -0.2) is 51.2 Å². The molecule has 1 saturated heterocycles. The number of carbonyl (C=O) groups is 1. The quantitative estimate of drug-likeness (QED) is 0.434. The number of hydrogen-bond acceptors (Lipinski definition) is 5. The van der Waals surface area contributed by atoms with Crippen LogP contribution in [0.3, 0.4) is 0 Å². The molecule has 1 unspecified atom stereocenters. The number of piperidine rings is 1. The third-order valence-electron chi connectivity index (χ3n) is 6.02. The molecule has 1 aromatic carbocycles. The highest BCUT2D eigenvalue weighted by Crippen LogP contribution is 2.32. The number of aromatic amines is 1. The summed E-state index contributed by atoms with van der Waals surface area (Å²) in [7, 11) is 0. The van der Waals surface area contributed by atoms with Crippen molar-refractivity contribution in [2.24, 2.45) is 5.92 Å². The van der Waals surface area contributed by atoms with E-state index >= 15 is 0 Å². The van der Waals surface area contributed by atoms with Gasteiger partial charge in [-0.25, -0.2) is 4.72 Å². The number of aliphatic hydroxyl groups is 1. The molecule has 1 amide bonds. The number of H-pyrrole nitrogens is 1. The second-order valence-electron chi connectivity index (χ2n) is 8.03. The third kappa shape index (κ3) is 4.97. The third-order valence-corrected chi connectivity index (χ3v) is 7.28. The van der Waals surface area contributed by atoms with Crippen LogP contribution in [-0.2, 0) is 11.3 Å². The van der Waals surface area contributed by atoms with E-state index in [1.54, 1.807) is 12.3 Å². The van der Waals surface area contributed by atoms with Gasteiger partial charge < -0.3 is 19.6 Å². The Morgan fingerprint density at radius 1 is 1.34 bits per heavy atom. The molecule has 3 heterocycles. The number of benzene rings is 1. The zero-order valence-electron chi connectivity index (χ0n) is 17.6. The summed E-state index contributed by atoms with van der Waals surface area (Å²) in [6.45, 7) is 2.03. The van der Waals surface area contributed by atoms with Gasteiger partial charge in [-0.1, -0.05) is 17.7 Å². The zero-order valence-corrected chi connectivity index (χ0v) is 19.2. The van der Waals surface area contributed by atoms with Crippen molar-refractivity contribution in [2.75, 3.05) is 19.7 Å². The lowest BCUT2D eigenvalue weighted by molar-refractivity contribution is -0.134. The molecule has 0 spiro atoms. The first kappa shape index (κ1) is 22.7. The van der Waals surface area contributed by atoms with Gasteiger partial charge in [-0.05, 0) is 61.4 Å². The average molecular weight is 472 g/mol. The Morgan fingerprint density at radius 3 is 2.91 bits per heavy atom. The van der Waals surface area contributed by atoms with Gasteiger partial charge in [0, 0.05) is 54.4 Å². The average Bonchev–Trinajstić information content (AvgIpc) is 3.45. The minimum Gasteiger partial charge on any atom is -0.396 e. The second-order valence-corrected chi connectivity index (χ2v) is 9.31. The molecule has 4 rings (SSSR count). The van der Waals surface area contributed by atoms with Crippen molar-refractivity contribution in [3.63, 3.8) is 0 Å². The van der Waals surface area contributed by atoms with Crippen molar-refractivity contribution in [1.29, 1.82) is 5.26 Å². The maximum Gasteiger partial charge on any atom is 0.240 e. The van der Waals surface area contributed by atoms with Crippen molar-refractivity contribution in [2.45, 2.75) is 36.7 Å². The van der Waals surface area contributed by atoms with E-state index in [9.17, 15) is 15.2 Å². The molecule has 1 fully saturated rings. The monoisotopic (exact) mass is 471 g/mol. The number of nitrogens with zero attached hydrogens (tertiary/aromatic N) is 3. The van der Waals surface area contributed by atoms with Gasteiger partial charge in [0.1, 0.15) is 11.8 Å². The molecule has 3 N–H and O–H groups in total. The molecule has 3 aromatic rings. The fourth-order valence-corrected chi connectivity index (χ4v) is 5.37. The minimum atomic E-state index is -0.424. The summed E-state index contributed by atoms with van der Waals surface area (Å²) >= 11 is 7.77. The van der Waals surface area contributed by atoms with Gasteiger partial charge in [0.25, 0.3) is 0 Å². The first-order valence-electron chi connectivity index (χ1n) is 10.7. The van der Waals surface area contributed by atoms with Gasteiger partial charge in [0.15, 0.2) is 0 Å². The van der Waals surface area contributed by atoms with E-state index < -0.39 is 6.04 Å². The minimum absolute atomic E-state index is 0.0481. The van der Waals surface area contributed by atoms with Crippen molar-refractivity contribution in [3.05, 3.63) is 53.4 Å². The molecule has 9 heteroatoms. The summed E-state index contributed by atoms with van der Waals surface area (Å²) in [4.78, 5) is 19.4. The van der Waals surface area contributed by atoms with Crippen LogP contribution in [0.2, 0.25) is 5.02 Å². The lowest BCUT2D eigenvalue weighted by atomic mass is 9.97. The van der Waals surface area contributed by atoms with Crippen molar-refractivity contribution >= 4 is 40.4 Å². The van der Waals surface area contributed by atoms with Gasteiger partial charge in [0.2, 0.25) is 5.91 Å². The summed E-state index contributed by atoms with van der Waals surface area (Å²) in [5.74, 6) is 0.318. The van der Waals surface area contributed by atoms with Crippen LogP contribution in [0.5, 0.6) is 0 Å². The number of halogens is 1. The van der Waals surface area contributed by atoms with Crippen molar-refractivity contribution < 1.29 is 9.90 Å². The largest absolute Gasteiger partial charge is 0.396 e. The number of likely N-dealkylation sites (tertiary alicyclic amines) is 1. The Morgan fingerprint density at radius 2 is 2.16 bits per heavy atom. The molecule has 0 saturated carbocycles. The summed E-state index contributed by atoms with van der Waals surface area (Å²) in [5.41, 5.74) is 1.53. The van der Waals surface area contributed by atoms with Crippen LogP contribution >= 0.6 is 23.5 Å². The Kier molecular flexibility index (Phi) is 7.43. The van der Waals surface area contributed by atoms with Gasteiger partial charge in [-0.2, -0.15) is 5.26 Å². The van der Waals surface area contributed by atoms with E-state index in [0.29, 0.717) is 36.8 Å². The normalized spacial score (nSPS) is 15.7. The number of aliphatic hydroxyl groups excluding tert-OH is 1. The Balaban J connectivity index is 1.49. The number of fused-ring (bicyclic) bond motifs is 1. The number of nitriles is 1. The molecule has 0 bridgehead atoms. The predicted molar refractivity (Wildman–Crippen MR) is 126 cm³/mol. The summed E-state index contributed by atoms with van der Waals surface area (Å²) < 4.78 is 5.24. The molecule has 0 radical (unpaired) electrons. The first-order valence-corrected chi connectivity index (χ1v) is 11.9. The Bertz CT molecular complexity index is 1110. The van der Waals surface area contributed by atoms with Crippen LogP contribution in [0.1, 0.15) is 25.0 Å². The van der Waals surface area contributed by atoms with Gasteiger partial charge in [-0.3, -0.25) is 4.79 Å². The maximum absolute atomic E-state index is 13.4. The fraction of sp³-hybridized carbons (Fsp3) is 0.391. The number of rotatable bonds is 8. The number of amides is 1. The Labute approximate surface area is 196 Å². The van der Waals surface area contributed by atoms with E-state index in [2.05, 4.69) is 15.8 Å². The molecule has 1 atom stereocenters. The van der Waals surface area contributed by atoms with E-state index in [-0.39, 0.29) is 18.4 Å². The zero-order chi connectivity index (χ0) is 22.5. The van der Waals surface area contributed by atoms with Crippen molar-refractivity contribution in [3.8, 4) is 6.07 Å². The van der Waals surface area contributed by atoms with Gasteiger partial charge >= 0.3 is 0 Å². The van der Waals surface area contributed by atoms with Crippen LogP contribution in [0.15, 0.2) is 47.6 Å². The number of aromatic nitrogens is 2. The van der Waals surface area contributed by atoms with Crippen LogP contribution in [0.25, 0.3) is 10.9 Å². The molecular formula is C23H26ClN5O2S.